The van der Waals surface area contributed by atoms with E-state index in [0.717, 1.165) is 11.3 Å². The Kier molecular flexibility index (Phi) is 1.79. The van der Waals surface area contributed by atoms with Gasteiger partial charge < -0.3 is 4.90 Å². The van der Waals surface area contributed by atoms with Crippen molar-refractivity contribution in [1.82, 2.24) is 4.90 Å². The maximum Gasteiger partial charge on any atom is 0.113 e. The molecule has 1 rings (SSSR count). The molecule has 0 saturated carbocycles. The fourth-order valence-electron chi connectivity index (χ4n) is 1.08. The van der Waals surface area contributed by atoms with Gasteiger partial charge in [-0.25, -0.2) is 4.39 Å². The molecule has 1 heterocycles. The van der Waals surface area contributed by atoms with Crippen LogP contribution in [0.1, 0.15) is 6.92 Å². The third-order valence-electron chi connectivity index (χ3n) is 2.08. The van der Waals surface area contributed by atoms with Gasteiger partial charge in [-0.15, -0.1) is 0 Å². The lowest BCUT2D eigenvalue weighted by Crippen LogP contribution is -2.23. The Balaban J connectivity index is 2.78. The number of halogens is 1. The molecule has 10 heavy (non-hydrogen) atoms. The van der Waals surface area contributed by atoms with E-state index in [0.29, 0.717) is 0 Å². The van der Waals surface area contributed by atoms with Crippen LogP contribution in [0.25, 0.3) is 0 Å². The minimum Gasteiger partial charge on any atom is -0.369 e. The lowest BCUT2D eigenvalue weighted by molar-refractivity contribution is 0.376. The topological polar surface area (TPSA) is 3.24 Å². The number of rotatable bonds is 1. The van der Waals surface area contributed by atoms with Gasteiger partial charge >= 0.3 is 0 Å². The first-order valence-corrected chi connectivity index (χ1v) is 3.35. The normalized spacial score (nSPS) is 25.5. The van der Waals surface area contributed by atoms with Gasteiger partial charge in [0.2, 0.25) is 0 Å². The first-order valence-electron chi connectivity index (χ1n) is 3.35. The largest absolute Gasteiger partial charge is 0.369 e. The molecule has 2 heteroatoms. The minimum absolute atomic E-state index is 0.192. The number of likely N-dealkylation sites (N-methyl/N-ethyl adjacent to an activating group) is 1. The van der Waals surface area contributed by atoms with Crippen molar-refractivity contribution in [3.05, 3.63) is 23.9 Å². The molecule has 0 radical (unpaired) electrons. The summed E-state index contributed by atoms with van der Waals surface area (Å²) in [6.45, 7) is 5.39. The van der Waals surface area contributed by atoms with E-state index in [2.05, 4.69) is 6.58 Å². The van der Waals surface area contributed by atoms with E-state index in [1.54, 1.807) is 0 Å². The number of hydrogen-bond acceptors (Lipinski definition) is 1. The predicted molar refractivity (Wildman–Crippen MR) is 40.4 cm³/mol. The molecule has 0 fully saturated rings. The van der Waals surface area contributed by atoms with E-state index < -0.39 is 0 Å². The van der Waals surface area contributed by atoms with E-state index in [9.17, 15) is 4.39 Å². The molecule has 1 aliphatic rings. The van der Waals surface area contributed by atoms with Gasteiger partial charge in [0.1, 0.15) is 6.67 Å². The first kappa shape index (κ1) is 7.32. The van der Waals surface area contributed by atoms with Gasteiger partial charge in [0, 0.05) is 18.8 Å². The summed E-state index contributed by atoms with van der Waals surface area (Å²) in [5.74, 6) is 0. The molecule has 0 spiro atoms. The molecule has 0 aromatic carbocycles. The molecule has 0 aromatic rings. The Bertz CT molecular complexity index is 184. The van der Waals surface area contributed by atoms with Crippen molar-refractivity contribution in [1.29, 1.82) is 0 Å². The van der Waals surface area contributed by atoms with E-state index in [-0.39, 0.29) is 12.7 Å². The molecular formula is C8H12FN. The summed E-state index contributed by atoms with van der Waals surface area (Å²) in [4.78, 5) is 1.97. The summed E-state index contributed by atoms with van der Waals surface area (Å²) in [5, 5.41) is 0. The van der Waals surface area contributed by atoms with Crippen LogP contribution < -0.4 is 0 Å². The van der Waals surface area contributed by atoms with Crippen LogP contribution in [0.15, 0.2) is 23.9 Å². The number of alkyl halides is 1. The standard InChI is InChI=1S/C8H12FN/c1-6-4-8(5-9)7(2)10(6)3/h4,7H,1,5H2,2-3H3. The summed E-state index contributed by atoms with van der Waals surface area (Å²) in [6.07, 6.45) is 1.81. The highest BCUT2D eigenvalue weighted by atomic mass is 19.1. The zero-order valence-electron chi connectivity index (χ0n) is 6.39. The Morgan fingerprint density at radius 2 is 2.40 bits per heavy atom. The SMILES string of the molecule is C=C1C=C(CF)C(C)N1C. The molecule has 0 N–H and O–H groups in total. The van der Waals surface area contributed by atoms with Crippen LogP contribution in [-0.2, 0) is 0 Å². The van der Waals surface area contributed by atoms with E-state index in [1.807, 2.05) is 24.9 Å². The number of allylic oxidation sites excluding steroid dienone is 1. The molecule has 1 unspecified atom stereocenters. The average molecular weight is 141 g/mol. The van der Waals surface area contributed by atoms with Gasteiger partial charge in [-0.05, 0) is 18.6 Å². The maximum absolute atomic E-state index is 12.2. The van der Waals surface area contributed by atoms with Crippen molar-refractivity contribution in [2.45, 2.75) is 13.0 Å². The van der Waals surface area contributed by atoms with Crippen molar-refractivity contribution in [3.8, 4) is 0 Å². The lowest BCUT2D eigenvalue weighted by atomic mass is 10.2. The van der Waals surface area contributed by atoms with Gasteiger partial charge in [-0.1, -0.05) is 6.58 Å². The predicted octanol–water partition coefficient (Wildman–Crippen LogP) is 1.73. The molecule has 1 aliphatic heterocycles. The first-order chi connectivity index (χ1) is 4.66. The van der Waals surface area contributed by atoms with Crippen LogP contribution >= 0.6 is 0 Å². The van der Waals surface area contributed by atoms with Crippen LogP contribution in [0.3, 0.4) is 0 Å². The second kappa shape index (κ2) is 2.45. The van der Waals surface area contributed by atoms with Gasteiger partial charge in [0.15, 0.2) is 0 Å². The second-order valence-electron chi connectivity index (χ2n) is 2.63. The minimum atomic E-state index is -0.357. The molecule has 0 aromatic heterocycles. The summed E-state index contributed by atoms with van der Waals surface area (Å²) >= 11 is 0. The summed E-state index contributed by atoms with van der Waals surface area (Å²) < 4.78 is 12.2. The van der Waals surface area contributed by atoms with Gasteiger partial charge in [-0.2, -0.15) is 0 Å². The van der Waals surface area contributed by atoms with Crippen LogP contribution in [0.4, 0.5) is 4.39 Å². The van der Waals surface area contributed by atoms with E-state index in [1.165, 1.54) is 0 Å². The lowest BCUT2D eigenvalue weighted by Gasteiger charge is -2.20. The maximum atomic E-state index is 12.2. The van der Waals surface area contributed by atoms with Crippen LogP contribution in [0.5, 0.6) is 0 Å². The van der Waals surface area contributed by atoms with Gasteiger partial charge in [0.25, 0.3) is 0 Å². The Hall–Kier alpha value is -0.790. The molecular weight excluding hydrogens is 129 g/mol. The Morgan fingerprint density at radius 1 is 1.80 bits per heavy atom. The van der Waals surface area contributed by atoms with Crippen molar-refractivity contribution in [2.24, 2.45) is 0 Å². The highest BCUT2D eigenvalue weighted by Crippen LogP contribution is 2.23. The number of hydrogen-bond donors (Lipinski definition) is 0. The molecule has 0 saturated heterocycles. The second-order valence-corrected chi connectivity index (χ2v) is 2.63. The molecule has 0 bridgehead atoms. The molecule has 0 aliphatic carbocycles. The summed E-state index contributed by atoms with van der Waals surface area (Å²) in [6, 6.07) is 0.192. The monoisotopic (exact) mass is 141 g/mol. The molecule has 0 amide bonds. The molecule has 1 atom stereocenters. The van der Waals surface area contributed by atoms with E-state index >= 15 is 0 Å². The fraction of sp³-hybridized carbons (Fsp3) is 0.500. The third-order valence-corrected chi connectivity index (χ3v) is 2.08. The summed E-state index contributed by atoms with van der Waals surface area (Å²) in [5.41, 5.74) is 1.73. The molecule has 56 valence electrons. The zero-order chi connectivity index (χ0) is 7.72. The number of nitrogens with zero attached hydrogens (tertiary/aromatic N) is 1. The van der Waals surface area contributed by atoms with Crippen molar-refractivity contribution in [2.75, 3.05) is 13.7 Å². The fourth-order valence-corrected chi connectivity index (χ4v) is 1.08. The zero-order valence-corrected chi connectivity index (χ0v) is 6.39. The van der Waals surface area contributed by atoms with Gasteiger partial charge in [-0.3, -0.25) is 0 Å². The highest BCUT2D eigenvalue weighted by Gasteiger charge is 2.20. The highest BCUT2D eigenvalue weighted by molar-refractivity contribution is 5.31. The van der Waals surface area contributed by atoms with Crippen LogP contribution in [0, 0.1) is 0 Å². The third kappa shape index (κ3) is 0.939. The molecule has 1 nitrogen and oxygen atoms in total. The quantitative estimate of drug-likeness (QED) is 0.537. The van der Waals surface area contributed by atoms with Crippen molar-refractivity contribution in [3.63, 3.8) is 0 Å². The van der Waals surface area contributed by atoms with E-state index in [4.69, 9.17) is 0 Å². The van der Waals surface area contributed by atoms with Crippen LogP contribution in [-0.4, -0.2) is 24.7 Å². The van der Waals surface area contributed by atoms with Crippen molar-refractivity contribution < 1.29 is 4.39 Å². The van der Waals surface area contributed by atoms with Crippen LogP contribution in [0.2, 0.25) is 0 Å². The van der Waals surface area contributed by atoms with Crippen molar-refractivity contribution >= 4 is 0 Å². The Morgan fingerprint density at radius 3 is 2.60 bits per heavy atom. The summed E-state index contributed by atoms with van der Waals surface area (Å²) in [7, 11) is 1.92. The average Bonchev–Trinajstić information content (AvgIpc) is 2.17. The Labute approximate surface area is 60.8 Å². The smallest absolute Gasteiger partial charge is 0.113 e. The van der Waals surface area contributed by atoms with Gasteiger partial charge in [0.05, 0.1) is 0 Å².